The number of ether oxygens (including phenoxy) is 1. The molecular weight excluding hydrogens is 284 g/mol. The Hall–Kier alpha value is -2.63. The summed E-state index contributed by atoms with van der Waals surface area (Å²) < 4.78 is 4.77. The molecular formula is C16H20N2O4. The van der Waals surface area contributed by atoms with Gasteiger partial charge in [0.25, 0.3) is 11.8 Å². The molecule has 0 bridgehead atoms. The van der Waals surface area contributed by atoms with Gasteiger partial charge in [0, 0.05) is 31.4 Å². The number of hydrogen-bond donors (Lipinski definition) is 1. The number of nitrogens with zero attached hydrogens (tertiary/aromatic N) is 1. The van der Waals surface area contributed by atoms with E-state index in [1.54, 1.807) is 44.4 Å². The zero-order valence-electron chi connectivity index (χ0n) is 13.0. The van der Waals surface area contributed by atoms with Gasteiger partial charge in [-0.05, 0) is 30.7 Å². The SMILES string of the molecule is CC/C=C/C(=O)OCC(=O)Nc1ccc(C(=O)N(C)C)cc1. The fraction of sp³-hybridized carbons (Fsp3) is 0.312. The van der Waals surface area contributed by atoms with Crippen LogP contribution in [0.4, 0.5) is 5.69 Å². The highest BCUT2D eigenvalue weighted by molar-refractivity contribution is 5.96. The van der Waals surface area contributed by atoms with Crippen LogP contribution in [0.25, 0.3) is 0 Å². The molecule has 0 radical (unpaired) electrons. The number of rotatable bonds is 6. The van der Waals surface area contributed by atoms with E-state index in [0.717, 1.165) is 6.42 Å². The zero-order chi connectivity index (χ0) is 16.5. The third-order valence-electron chi connectivity index (χ3n) is 2.66. The van der Waals surface area contributed by atoms with Gasteiger partial charge in [-0.3, -0.25) is 9.59 Å². The average molecular weight is 304 g/mol. The summed E-state index contributed by atoms with van der Waals surface area (Å²) >= 11 is 0. The number of allylic oxidation sites excluding steroid dienone is 1. The molecule has 1 rings (SSSR count). The van der Waals surface area contributed by atoms with E-state index in [-0.39, 0.29) is 12.5 Å². The Morgan fingerprint density at radius 2 is 1.82 bits per heavy atom. The second-order valence-corrected chi connectivity index (χ2v) is 4.74. The molecule has 1 aromatic rings. The third-order valence-corrected chi connectivity index (χ3v) is 2.66. The molecule has 0 aliphatic carbocycles. The fourth-order valence-corrected chi connectivity index (χ4v) is 1.55. The van der Waals surface area contributed by atoms with Crippen LogP contribution in [0.15, 0.2) is 36.4 Å². The minimum Gasteiger partial charge on any atom is -0.452 e. The van der Waals surface area contributed by atoms with Crippen LogP contribution < -0.4 is 5.32 Å². The number of carbonyl (C=O) groups is 3. The summed E-state index contributed by atoms with van der Waals surface area (Å²) in [7, 11) is 3.33. The number of benzene rings is 1. The Kier molecular flexibility index (Phi) is 6.82. The second-order valence-electron chi connectivity index (χ2n) is 4.74. The highest BCUT2D eigenvalue weighted by Crippen LogP contribution is 2.10. The average Bonchev–Trinajstić information content (AvgIpc) is 2.50. The summed E-state index contributed by atoms with van der Waals surface area (Å²) in [6, 6.07) is 6.47. The van der Waals surface area contributed by atoms with E-state index in [1.165, 1.54) is 11.0 Å². The lowest BCUT2D eigenvalue weighted by Gasteiger charge is -2.11. The Labute approximate surface area is 129 Å². The van der Waals surface area contributed by atoms with Crippen molar-refractivity contribution in [1.82, 2.24) is 4.90 Å². The molecule has 0 fully saturated rings. The first-order valence-electron chi connectivity index (χ1n) is 6.89. The van der Waals surface area contributed by atoms with Crippen LogP contribution in [0.5, 0.6) is 0 Å². The van der Waals surface area contributed by atoms with Crippen LogP contribution in [0.1, 0.15) is 23.7 Å². The molecule has 1 N–H and O–H groups in total. The van der Waals surface area contributed by atoms with E-state index < -0.39 is 11.9 Å². The standard InChI is InChI=1S/C16H20N2O4/c1-4-5-6-15(20)22-11-14(19)17-13-9-7-12(8-10-13)16(21)18(2)3/h5-10H,4,11H2,1-3H3,(H,17,19)/b6-5+. The number of nitrogens with one attached hydrogen (secondary N) is 1. The van der Waals surface area contributed by atoms with Crippen molar-refractivity contribution in [2.24, 2.45) is 0 Å². The lowest BCUT2D eigenvalue weighted by Crippen LogP contribution is -2.22. The van der Waals surface area contributed by atoms with Gasteiger partial charge in [-0.1, -0.05) is 13.0 Å². The molecule has 6 heteroatoms. The number of carbonyl (C=O) groups excluding carboxylic acids is 3. The predicted octanol–water partition coefficient (Wildman–Crippen LogP) is 1.84. The Bertz CT molecular complexity index is 562. The smallest absolute Gasteiger partial charge is 0.330 e. The first-order chi connectivity index (χ1) is 10.4. The minimum absolute atomic E-state index is 0.116. The molecule has 0 saturated heterocycles. The van der Waals surface area contributed by atoms with Crippen LogP contribution in [0.2, 0.25) is 0 Å². The van der Waals surface area contributed by atoms with Gasteiger partial charge < -0.3 is 15.0 Å². The lowest BCUT2D eigenvalue weighted by molar-refractivity contribution is -0.142. The van der Waals surface area contributed by atoms with Crippen LogP contribution >= 0.6 is 0 Å². The summed E-state index contributed by atoms with van der Waals surface area (Å²) in [5.41, 5.74) is 1.06. The maximum Gasteiger partial charge on any atom is 0.330 e. The van der Waals surface area contributed by atoms with Crippen LogP contribution in [-0.2, 0) is 14.3 Å². The van der Waals surface area contributed by atoms with Gasteiger partial charge in [0.05, 0.1) is 0 Å². The van der Waals surface area contributed by atoms with E-state index in [1.807, 2.05) is 6.92 Å². The van der Waals surface area contributed by atoms with Gasteiger partial charge in [-0.15, -0.1) is 0 Å². The monoisotopic (exact) mass is 304 g/mol. The van der Waals surface area contributed by atoms with E-state index in [9.17, 15) is 14.4 Å². The predicted molar refractivity (Wildman–Crippen MR) is 83.5 cm³/mol. The summed E-state index contributed by atoms with van der Waals surface area (Å²) in [6.45, 7) is 1.53. The maximum absolute atomic E-state index is 11.7. The van der Waals surface area contributed by atoms with Crippen molar-refractivity contribution in [2.45, 2.75) is 13.3 Å². The van der Waals surface area contributed by atoms with Gasteiger partial charge in [-0.2, -0.15) is 0 Å². The van der Waals surface area contributed by atoms with E-state index in [4.69, 9.17) is 4.74 Å². The summed E-state index contributed by atoms with van der Waals surface area (Å²) in [5.74, 6) is -1.11. The van der Waals surface area contributed by atoms with Crippen molar-refractivity contribution >= 4 is 23.5 Å². The maximum atomic E-state index is 11.7. The summed E-state index contributed by atoms with van der Waals surface area (Å²) in [4.78, 5) is 36.0. The molecule has 2 amide bonds. The molecule has 0 unspecified atom stereocenters. The summed E-state index contributed by atoms with van der Waals surface area (Å²) in [5, 5.41) is 2.58. The van der Waals surface area contributed by atoms with Crippen molar-refractivity contribution < 1.29 is 19.1 Å². The normalized spacial score (nSPS) is 10.3. The molecule has 0 aliphatic heterocycles. The Balaban J connectivity index is 2.50. The number of esters is 1. The molecule has 0 spiro atoms. The van der Waals surface area contributed by atoms with Crippen molar-refractivity contribution in [3.05, 3.63) is 42.0 Å². The highest BCUT2D eigenvalue weighted by atomic mass is 16.5. The van der Waals surface area contributed by atoms with Crippen molar-refractivity contribution in [3.63, 3.8) is 0 Å². The van der Waals surface area contributed by atoms with E-state index >= 15 is 0 Å². The first-order valence-corrected chi connectivity index (χ1v) is 6.89. The van der Waals surface area contributed by atoms with Gasteiger partial charge in [-0.25, -0.2) is 4.79 Å². The largest absolute Gasteiger partial charge is 0.452 e. The Morgan fingerprint density at radius 1 is 1.18 bits per heavy atom. The molecule has 0 heterocycles. The number of hydrogen-bond acceptors (Lipinski definition) is 4. The van der Waals surface area contributed by atoms with Gasteiger partial charge in [0.15, 0.2) is 6.61 Å². The summed E-state index contributed by atoms with van der Waals surface area (Å²) in [6.07, 6.45) is 3.66. The molecule has 0 aromatic heterocycles. The highest BCUT2D eigenvalue weighted by Gasteiger charge is 2.09. The van der Waals surface area contributed by atoms with Gasteiger partial charge in [0.2, 0.25) is 0 Å². The molecule has 1 aromatic carbocycles. The molecule has 0 saturated carbocycles. The van der Waals surface area contributed by atoms with E-state index in [0.29, 0.717) is 11.3 Å². The zero-order valence-corrected chi connectivity index (χ0v) is 13.0. The second kappa shape index (κ2) is 8.61. The van der Waals surface area contributed by atoms with Crippen LogP contribution in [0, 0.1) is 0 Å². The van der Waals surface area contributed by atoms with Crippen molar-refractivity contribution in [1.29, 1.82) is 0 Å². The molecule has 0 atom stereocenters. The van der Waals surface area contributed by atoms with Crippen molar-refractivity contribution in [2.75, 3.05) is 26.0 Å². The quantitative estimate of drug-likeness (QED) is 0.642. The van der Waals surface area contributed by atoms with Crippen LogP contribution in [0.3, 0.4) is 0 Å². The lowest BCUT2D eigenvalue weighted by atomic mass is 10.2. The molecule has 0 aliphatic rings. The first kappa shape index (κ1) is 17.4. The minimum atomic E-state index is -0.552. The molecule has 6 nitrogen and oxygen atoms in total. The number of amides is 2. The fourth-order valence-electron chi connectivity index (χ4n) is 1.55. The molecule has 118 valence electrons. The third kappa shape index (κ3) is 5.78. The van der Waals surface area contributed by atoms with Gasteiger partial charge in [0.1, 0.15) is 0 Å². The van der Waals surface area contributed by atoms with E-state index in [2.05, 4.69) is 5.32 Å². The van der Waals surface area contributed by atoms with Gasteiger partial charge >= 0.3 is 5.97 Å². The number of anilines is 1. The Morgan fingerprint density at radius 3 is 2.36 bits per heavy atom. The topological polar surface area (TPSA) is 75.7 Å². The van der Waals surface area contributed by atoms with Crippen molar-refractivity contribution in [3.8, 4) is 0 Å². The molecule has 22 heavy (non-hydrogen) atoms. The van der Waals surface area contributed by atoms with Crippen LogP contribution in [-0.4, -0.2) is 43.4 Å².